The van der Waals surface area contributed by atoms with Crippen molar-refractivity contribution in [3.8, 4) is 0 Å². The van der Waals surface area contributed by atoms with Crippen LogP contribution < -0.4 is 5.32 Å². The minimum Gasteiger partial charge on any atom is -0.370 e. The summed E-state index contributed by atoms with van der Waals surface area (Å²) in [6.07, 6.45) is 2.48. The molecule has 1 aliphatic rings. The predicted molar refractivity (Wildman–Crippen MR) is 85.8 cm³/mol. The molecule has 4 nitrogen and oxygen atoms in total. The van der Waals surface area contributed by atoms with E-state index in [1.54, 1.807) is 0 Å². The molecule has 0 spiro atoms. The number of hydrogen-bond donors (Lipinski definition) is 1. The molecule has 114 valence electrons. The van der Waals surface area contributed by atoms with Crippen LogP contribution in [0.15, 0.2) is 18.2 Å². The zero-order valence-corrected chi connectivity index (χ0v) is 13.4. The highest BCUT2D eigenvalue weighted by Gasteiger charge is 2.18. The van der Waals surface area contributed by atoms with Crippen molar-refractivity contribution in [1.29, 1.82) is 0 Å². The molecule has 0 unspecified atom stereocenters. The molecule has 21 heavy (non-hydrogen) atoms. The van der Waals surface area contributed by atoms with Gasteiger partial charge in [-0.15, -0.1) is 0 Å². The van der Waals surface area contributed by atoms with Crippen molar-refractivity contribution < 1.29 is 4.74 Å². The summed E-state index contributed by atoms with van der Waals surface area (Å²) in [7, 11) is 0. The van der Waals surface area contributed by atoms with Gasteiger partial charge in [-0.25, -0.2) is 4.98 Å². The SMILES string of the molecule is CC(C)n1c(COC2CCNCC2)nc2cccc(Cl)c21. The van der Waals surface area contributed by atoms with Gasteiger partial charge in [-0.05, 0) is 51.9 Å². The number of halogens is 1. The Morgan fingerprint density at radius 2 is 2.14 bits per heavy atom. The van der Waals surface area contributed by atoms with E-state index in [0.29, 0.717) is 18.8 Å². The lowest BCUT2D eigenvalue weighted by Crippen LogP contribution is -2.32. The number of ether oxygens (including phenoxy) is 1. The number of benzene rings is 1. The van der Waals surface area contributed by atoms with Gasteiger partial charge in [-0.1, -0.05) is 17.7 Å². The molecule has 1 fully saturated rings. The molecule has 1 aromatic carbocycles. The number of para-hydroxylation sites is 1. The van der Waals surface area contributed by atoms with E-state index in [9.17, 15) is 0 Å². The third-order valence-electron chi connectivity index (χ3n) is 3.98. The zero-order valence-electron chi connectivity index (χ0n) is 12.6. The maximum atomic E-state index is 6.36. The standard InChI is InChI=1S/C16H22ClN3O/c1-11(2)20-15(10-21-12-6-8-18-9-7-12)19-14-5-3-4-13(17)16(14)20/h3-5,11-12,18H,6-10H2,1-2H3. The molecule has 0 saturated carbocycles. The molecule has 0 radical (unpaired) electrons. The van der Waals surface area contributed by atoms with E-state index in [1.807, 2.05) is 18.2 Å². The Morgan fingerprint density at radius 1 is 1.38 bits per heavy atom. The molecule has 0 amide bonds. The van der Waals surface area contributed by atoms with E-state index in [2.05, 4.69) is 23.7 Å². The van der Waals surface area contributed by atoms with Crippen molar-refractivity contribution in [2.24, 2.45) is 0 Å². The highest BCUT2D eigenvalue weighted by atomic mass is 35.5. The summed E-state index contributed by atoms with van der Waals surface area (Å²) >= 11 is 6.36. The Bertz CT molecular complexity index is 617. The summed E-state index contributed by atoms with van der Waals surface area (Å²) in [4.78, 5) is 4.72. The van der Waals surface area contributed by atoms with Crippen molar-refractivity contribution in [3.63, 3.8) is 0 Å². The first-order chi connectivity index (χ1) is 10.2. The Kier molecular flexibility index (Phi) is 4.48. The molecule has 0 bridgehead atoms. The number of rotatable bonds is 4. The molecule has 1 aliphatic heterocycles. The van der Waals surface area contributed by atoms with E-state index in [1.165, 1.54) is 0 Å². The topological polar surface area (TPSA) is 39.1 Å². The Labute approximate surface area is 130 Å². The van der Waals surface area contributed by atoms with Gasteiger partial charge in [0.2, 0.25) is 0 Å². The second kappa shape index (κ2) is 6.34. The minimum atomic E-state index is 0.307. The highest BCUT2D eigenvalue weighted by Crippen LogP contribution is 2.28. The van der Waals surface area contributed by atoms with Crippen LogP contribution in [0.2, 0.25) is 5.02 Å². The largest absolute Gasteiger partial charge is 0.370 e. The Balaban J connectivity index is 1.87. The number of piperidine rings is 1. The van der Waals surface area contributed by atoms with Crippen LogP contribution in [0.4, 0.5) is 0 Å². The van der Waals surface area contributed by atoms with Crippen LogP contribution >= 0.6 is 11.6 Å². The van der Waals surface area contributed by atoms with Crippen LogP contribution in [0, 0.1) is 0 Å². The van der Waals surface area contributed by atoms with Gasteiger partial charge in [0, 0.05) is 6.04 Å². The van der Waals surface area contributed by atoms with Crippen molar-refractivity contribution in [3.05, 3.63) is 29.0 Å². The van der Waals surface area contributed by atoms with Gasteiger partial charge >= 0.3 is 0 Å². The van der Waals surface area contributed by atoms with Gasteiger partial charge in [0.05, 0.1) is 22.2 Å². The first-order valence-electron chi connectivity index (χ1n) is 7.64. The van der Waals surface area contributed by atoms with Crippen LogP contribution in [0.5, 0.6) is 0 Å². The molecule has 1 saturated heterocycles. The van der Waals surface area contributed by atoms with Gasteiger partial charge in [0.25, 0.3) is 0 Å². The van der Waals surface area contributed by atoms with Crippen molar-refractivity contribution in [2.75, 3.05) is 13.1 Å². The lowest BCUT2D eigenvalue weighted by molar-refractivity contribution is 0.0163. The molecule has 0 aliphatic carbocycles. The molecule has 2 aromatic rings. The third-order valence-corrected chi connectivity index (χ3v) is 4.29. The summed E-state index contributed by atoms with van der Waals surface area (Å²) in [5.41, 5.74) is 1.96. The van der Waals surface area contributed by atoms with E-state index in [0.717, 1.165) is 47.8 Å². The van der Waals surface area contributed by atoms with E-state index in [-0.39, 0.29) is 0 Å². The average Bonchev–Trinajstić information content (AvgIpc) is 2.86. The Morgan fingerprint density at radius 3 is 2.86 bits per heavy atom. The van der Waals surface area contributed by atoms with Crippen LogP contribution in [-0.2, 0) is 11.3 Å². The average molecular weight is 308 g/mol. The fourth-order valence-electron chi connectivity index (χ4n) is 2.97. The molecular formula is C16H22ClN3O. The van der Waals surface area contributed by atoms with Gasteiger partial charge < -0.3 is 14.6 Å². The summed E-state index contributed by atoms with van der Waals surface area (Å²) in [6, 6.07) is 6.18. The maximum absolute atomic E-state index is 6.36. The van der Waals surface area contributed by atoms with Crippen LogP contribution in [-0.4, -0.2) is 28.7 Å². The van der Waals surface area contributed by atoms with Crippen molar-refractivity contribution in [1.82, 2.24) is 14.9 Å². The minimum absolute atomic E-state index is 0.307. The van der Waals surface area contributed by atoms with Crippen LogP contribution in [0.1, 0.15) is 38.6 Å². The fourth-order valence-corrected chi connectivity index (χ4v) is 3.23. The molecule has 1 aromatic heterocycles. The first-order valence-corrected chi connectivity index (χ1v) is 8.02. The quantitative estimate of drug-likeness (QED) is 0.939. The van der Waals surface area contributed by atoms with E-state index in [4.69, 9.17) is 21.3 Å². The zero-order chi connectivity index (χ0) is 14.8. The highest BCUT2D eigenvalue weighted by molar-refractivity contribution is 6.35. The van der Waals surface area contributed by atoms with E-state index < -0.39 is 0 Å². The van der Waals surface area contributed by atoms with Crippen LogP contribution in [0.3, 0.4) is 0 Å². The van der Waals surface area contributed by atoms with Gasteiger partial charge in [0.15, 0.2) is 0 Å². The number of aromatic nitrogens is 2. The lowest BCUT2D eigenvalue weighted by atomic mass is 10.1. The van der Waals surface area contributed by atoms with Gasteiger partial charge in [0.1, 0.15) is 12.4 Å². The summed E-state index contributed by atoms with van der Waals surface area (Å²) in [5.74, 6) is 0.964. The normalized spacial score (nSPS) is 17.0. The predicted octanol–water partition coefficient (Wildman–Crippen LogP) is 3.54. The second-order valence-electron chi connectivity index (χ2n) is 5.86. The number of nitrogens with one attached hydrogen (secondary N) is 1. The molecule has 0 atom stereocenters. The van der Waals surface area contributed by atoms with Crippen LogP contribution in [0.25, 0.3) is 11.0 Å². The number of fused-ring (bicyclic) bond motifs is 1. The Hall–Kier alpha value is -1.10. The maximum Gasteiger partial charge on any atom is 0.136 e. The van der Waals surface area contributed by atoms with Crippen molar-refractivity contribution >= 4 is 22.6 Å². The van der Waals surface area contributed by atoms with Crippen molar-refractivity contribution in [2.45, 2.75) is 45.4 Å². The number of hydrogen-bond acceptors (Lipinski definition) is 3. The first kappa shape index (κ1) is 14.8. The molecule has 3 rings (SSSR count). The third kappa shape index (κ3) is 3.07. The van der Waals surface area contributed by atoms with Gasteiger partial charge in [-0.3, -0.25) is 0 Å². The monoisotopic (exact) mass is 307 g/mol. The fraction of sp³-hybridized carbons (Fsp3) is 0.562. The summed E-state index contributed by atoms with van der Waals surface area (Å²) in [6.45, 7) is 6.93. The smallest absolute Gasteiger partial charge is 0.136 e. The second-order valence-corrected chi connectivity index (χ2v) is 6.27. The summed E-state index contributed by atoms with van der Waals surface area (Å²) < 4.78 is 8.26. The van der Waals surface area contributed by atoms with Gasteiger partial charge in [-0.2, -0.15) is 0 Å². The summed E-state index contributed by atoms with van der Waals surface area (Å²) in [5, 5.41) is 4.10. The molecular weight excluding hydrogens is 286 g/mol. The number of imidazole rings is 1. The lowest BCUT2D eigenvalue weighted by Gasteiger charge is -2.23. The molecule has 2 heterocycles. The molecule has 5 heteroatoms. The van der Waals surface area contributed by atoms with E-state index >= 15 is 0 Å². The molecule has 1 N–H and O–H groups in total. The number of nitrogens with zero attached hydrogens (tertiary/aromatic N) is 2.